The van der Waals surface area contributed by atoms with E-state index in [2.05, 4.69) is 11.4 Å². The van der Waals surface area contributed by atoms with E-state index in [9.17, 15) is 9.59 Å². The maximum atomic E-state index is 12.1. The Bertz CT molecular complexity index is 498. The van der Waals surface area contributed by atoms with Crippen molar-refractivity contribution >= 4 is 11.9 Å². The highest BCUT2D eigenvalue weighted by molar-refractivity contribution is 5.84. The zero-order chi connectivity index (χ0) is 14.0. The third-order valence-corrected chi connectivity index (χ3v) is 4.00. The molecule has 0 spiro atoms. The van der Waals surface area contributed by atoms with E-state index in [0.717, 1.165) is 18.4 Å². The molecule has 0 saturated heterocycles. The number of fused-ring (bicyclic) bond motifs is 1. The van der Waals surface area contributed by atoms with Crippen molar-refractivity contribution < 1.29 is 14.7 Å². The molecule has 3 atom stereocenters. The number of nitrogens with one attached hydrogen (secondary N) is 1. The SMILES string of the molecule is CC(C(=O)O)C(C)C(=O)NC1CCc2ccccc21. The molecule has 0 fully saturated rings. The van der Waals surface area contributed by atoms with Gasteiger partial charge in [-0.25, -0.2) is 0 Å². The summed E-state index contributed by atoms with van der Waals surface area (Å²) in [6, 6.07) is 8.08. The molecule has 4 heteroatoms. The summed E-state index contributed by atoms with van der Waals surface area (Å²) in [4.78, 5) is 23.0. The Morgan fingerprint density at radius 1 is 1.26 bits per heavy atom. The van der Waals surface area contributed by atoms with Crippen LogP contribution in [0.15, 0.2) is 24.3 Å². The van der Waals surface area contributed by atoms with Gasteiger partial charge >= 0.3 is 5.97 Å². The average molecular weight is 261 g/mol. The van der Waals surface area contributed by atoms with Gasteiger partial charge in [-0.2, -0.15) is 0 Å². The second kappa shape index (κ2) is 5.43. The molecular formula is C15H19NO3. The number of carbonyl (C=O) groups excluding carboxylic acids is 1. The number of carboxylic acid groups (broad SMARTS) is 1. The van der Waals surface area contributed by atoms with Crippen LogP contribution in [0.4, 0.5) is 0 Å². The minimum atomic E-state index is -0.936. The molecule has 1 aromatic rings. The van der Waals surface area contributed by atoms with Crippen molar-refractivity contribution in [2.45, 2.75) is 32.7 Å². The van der Waals surface area contributed by atoms with Crippen LogP contribution in [0.3, 0.4) is 0 Å². The Morgan fingerprint density at radius 3 is 2.63 bits per heavy atom. The number of hydrogen-bond acceptors (Lipinski definition) is 2. The summed E-state index contributed by atoms with van der Waals surface area (Å²) in [6.45, 7) is 3.23. The van der Waals surface area contributed by atoms with Crippen LogP contribution in [-0.2, 0) is 16.0 Å². The average Bonchev–Trinajstić information content (AvgIpc) is 2.80. The first-order valence-corrected chi connectivity index (χ1v) is 6.61. The van der Waals surface area contributed by atoms with Crippen LogP contribution in [0, 0.1) is 11.8 Å². The van der Waals surface area contributed by atoms with E-state index in [1.807, 2.05) is 18.2 Å². The lowest BCUT2D eigenvalue weighted by Crippen LogP contribution is -2.36. The molecule has 1 aliphatic rings. The summed E-state index contributed by atoms with van der Waals surface area (Å²) in [5.74, 6) is -2.31. The van der Waals surface area contributed by atoms with Crippen molar-refractivity contribution in [1.82, 2.24) is 5.32 Å². The van der Waals surface area contributed by atoms with Crippen molar-refractivity contribution in [3.05, 3.63) is 35.4 Å². The smallest absolute Gasteiger partial charge is 0.307 e. The van der Waals surface area contributed by atoms with Crippen LogP contribution in [0.2, 0.25) is 0 Å². The molecule has 2 rings (SSSR count). The second-order valence-electron chi connectivity index (χ2n) is 5.21. The van der Waals surface area contributed by atoms with Crippen LogP contribution in [-0.4, -0.2) is 17.0 Å². The van der Waals surface area contributed by atoms with Crippen LogP contribution in [0.25, 0.3) is 0 Å². The normalized spacial score (nSPS) is 20.4. The first-order chi connectivity index (χ1) is 9.00. The van der Waals surface area contributed by atoms with Crippen LogP contribution >= 0.6 is 0 Å². The molecule has 1 aliphatic carbocycles. The fourth-order valence-electron chi connectivity index (χ4n) is 2.45. The highest BCUT2D eigenvalue weighted by atomic mass is 16.4. The minimum absolute atomic E-state index is 0.0205. The molecule has 0 aliphatic heterocycles. The fourth-order valence-corrected chi connectivity index (χ4v) is 2.45. The summed E-state index contributed by atoms with van der Waals surface area (Å²) >= 11 is 0. The van der Waals surface area contributed by atoms with E-state index in [-0.39, 0.29) is 11.9 Å². The van der Waals surface area contributed by atoms with Crippen LogP contribution in [0.5, 0.6) is 0 Å². The number of hydrogen-bond donors (Lipinski definition) is 2. The van der Waals surface area contributed by atoms with E-state index >= 15 is 0 Å². The zero-order valence-electron chi connectivity index (χ0n) is 11.2. The van der Waals surface area contributed by atoms with Crippen LogP contribution in [0.1, 0.15) is 37.4 Å². The number of carboxylic acids is 1. The second-order valence-corrected chi connectivity index (χ2v) is 5.21. The Morgan fingerprint density at radius 2 is 1.95 bits per heavy atom. The maximum absolute atomic E-state index is 12.1. The van der Waals surface area contributed by atoms with E-state index in [0.29, 0.717) is 0 Å². The Kier molecular flexibility index (Phi) is 3.88. The third-order valence-electron chi connectivity index (χ3n) is 4.00. The molecule has 2 N–H and O–H groups in total. The maximum Gasteiger partial charge on any atom is 0.307 e. The van der Waals surface area contributed by atoms with Crippen molar-refractivity contribution in [2.24, 2.45) is 11.8 Å². The number of aryl methyl sites for hydroxylation is 1. The topological polar surface area (TPSA) is 66.4 Å². The highest BCUT2D eigenvalue weighted by Crippen LogP contribution is 2.31. The van der Waals surface area contributed by atoms with Gasteiger partial charge in [-0.05, 0) is 24.0 Å². The van der Waals surface area contributed by atoms with Crippen molar-refractivity contribution in [1.29, 1.82) is 0 Å². The molecule has 0 saturated carbocycles. The fraction of sp³-hybridized carbons (Fsp3) is 0.467. The predicted octanol–water partition coefficient (Wildman–Crippen LogP) is 2.15. The van der Waals surface area contributed by atoms with Gasteiger partial charge in [0.1, 0.15) is 0 Å². The first kappa shape index (κ1) is 13.6. The van der Waals surface area contributed by atoms with Gasteiger partial charge < -0.3 is 10.4 Å². The van der Waals surface area contributed by atoms with Crippen LogP contribution < -0.4 is 5.32 Å². The molecule has 4 nitrogen and oxygen atoms in total. The van der Waals surface area contributed by atoms with Gasteiger partial charge in [0.25, 0.3) is 0 Å². The minimum Gasteiger partial charge on any atom is -0.481 e. The van der Waals surface area contributed by atoms with Crippen molar-refractivity contribution in [3.8, 4) is 0 Å². The van der Waals surface area contributed by atoms with Crippen molar-refractivity contribution in [3.63, 3.8) is 0 Å². The Hall–Kier alpha value is -1.84. The van der Waals surface area contributed by atoms with Gasteiger partial charge in [0.15, 0.2) is 0 Å². The number of rotatable bonds is 4. The molecule has 1 aromatic carbocycles. The monoisotopic (exact) mass is 261 g/mol. The van der Waals surface area contributed by atoms with Crippen molar-refractivity contribution in [2.75, 3.05) is 0 Å². The molecule has 102 valence electrons. The standard InChI is InChI=1S/C15H19NO3/c1-9(10(2)15(18)19)14(17)16-13-8-7-11-5-3-4-6-12(11)13/h3-6,9-10,13H,7-8H2,1-2H3,(H,16,17)(H,18,19). The van der Waals surface area contributed by atoms with Gasteiger partial charge in [-0.15, -0.1) is 0 Å². The first-order valence-electron chi connectivity index (χ1n) is 6.61. The van der Waals surface area contributed by atoms with E-state index in [1.165, 1.54) is 5.56 Å². The Labute approximate surface area is 112 Å². The highest BCUT2D eigenvalue weighted by Gasteiger charge is 2.29. The third kappa shape index (κ3) is 2.78. The zero-order valence-corrected chi connectivity index (χ0v) is 11.2. The quantitative estimate of drug-likeness (QED) is 0.872. The summed E-state index contributed by atoms with van der Waals surface area (Å²) in [7, 11) is 0. The molecule has 0 bridgehead atoms. The summed E-state index contributed by atoms with van der Waals surface area (Å²) < 4.78 is 0. The molecule has 3 unspecified atom stereocenters. The lowest BCUT2D eigenvalue weighted by molar-refractivity contribution is -0.146. The van der Waals surface area contributed by atoms with Gasteiger partial charge in [0.05, 0.1) is 12.0 Å². The number of aliphatic carboxylic acids is 1. The molecule has 0 aromatic heterocycles. The van der Waals surface area contributed by atoms with Gasteiger partial charge in [-0.1, -0.05) is 38.1 Å². The summed E-state index contributed by atoms with van der Waals surface area (Å²) in [6.07, 6.45) is 1.85. The number of amides is 1. The largest absolute Gasteiger partial charge is 0.481 e. The van der Waals surface area contributed by atoms with Gasteiger partial charge in [0.2, 0.25) is 5.91 Å². The van der Waals surface area contributed by atoms with Gasteiger partial charge in [-0.3, -0.25) is 9.59 Å². The van der Waals surface area contributed by atoms with Gasteiger partial charge in [0, 0.05) is 5.92 Å². The summed E-state index contributed by atoms with van der Waals surface area (Å²) in [5.41, 5.74) is 2.43. The number of carbonyl (C=O) groups is 2. The molecule has 0 radical (unpaired) electrons. The number of benzene rings is 1. The molecular weight excluding hydrogens is 242 g/mol. The van der Waals surface area contributed by atoms with E-state index < -0.39 is 17.8 Å². The van der Waals surface area contributed by atoms with E-state index in [4.69, 9.17) is 5.11 Å². The Balaban J connectivity index is 2.03. The molecule has 0 heterocycles. The lowest BCUT2D eigenvalue weighted by Gasteiger charge is -2.20. The predicted molar refractivity (Wildman–Crippen MR) is 71.6 cm³/mol. The van der Waals surface area contributed by atoms with E-state index in [1.54, 1.807) is 13.8 Å². The lowest BCUT2D eigenvalue weighted by atomic mass is 9.94. The molecule has 19 heavy (non-hydrogen) atoms. The summed E-state index contributed by atoms with van der Waals surface area (Å²) in [5, 5.41) is 11.9. The molecule has 1 amide bonds.